The predicted molar refractivity (Wildman–Crippen MR) is 105 cm³/mol. The molecule has 2 N–H and O–H groups in total. The van der Waals surface area contributed by atoms with Crippen LogP contribution in [0.25, 0.3) is 0 Å². The highest BCUT2D eigenvalue weighted by Crippen LogP contribution is 2.33. The van der Waals surface area contributed by atoms with Crippen molar-refractivity contribution in [1.82, 2.24) is 20.4 Å². The molecule has 1 aromatic carbocycles. The molecule has 7 heteroatoms. The van der Waals surface area contributed by atoms with Gasteiger partial charge in [-0.05, 0) is 50.8 Å². The van der Waals surface area contributed by atoms with E-state index < -0.39 is 0 Å². The van der Waals surface area contributed by atoms with Crippen LogP contribution in [0.1, 0.15) is 50.3 Å². The van der Waals surface area contributed by atoms with Gasteiger partial charge < -0.3 is 20.1 Å². The third-order valence-corrected chi connectivity index (χ3v) is 5.54. The fourth-order valence-electron chi connectivity index (χ4n) is 3.94. The number of nitrogens with zero attached hydrogens (tertiary/aromatic N) is 2. The van der Waals surface area contributed by atoms with E-state index in [0.717, 1.165) is 42.9 Å². The van der Waals surface area contributed by atoms with Crippen molar-refractivity contribution >= 4 is 5.91 Å². The second kappa shape index (κ2) is 8.22. The van der Waals surface area contributed by atoms with Crippen molar-refractivity contribution in [2.45, 2.75) is 64.2 Å². The Balaban J connectivity index is 1.36. The minimum absolute atomic E-state index is 0.0328. The molecule has 7 nitrogen and oxygen atoms in total. The number of carbonyl (C=O) groups excluding carboxylic acids is 1. The Labute approximate surface area is 165 Å². The monoisotopic (exact) mass is 384 g/mol. The van der Waals surface area contributed by atoms with Crippen LogP contribution in [-0.2, 0) is 17.8 Å². The molecule has 0 bridgehead atoms. The molecule has 2 aromatic rings. The molecule has 3 atom stereocenters. The first-order chi connectivity index (χ1) is 13.6. The summed E-state index contributed by atoms with van der Waals surface area (Å²) in [7, 11) is 0. The van der Waals surface area contributed by atoms with E-state index in [2.05, 4.69) is 41.7 Å². The Hall–Kier alpha value is -2.54. The summed E-state index contributed by atoms with van der Waals surface area (Å²) in [5, 5.41) is 11.2. The van der Waals surface area contributed by atoms with Crippen molar-refractivity contribution in [3.63, 3.8) is 0 Å². The molecule has 0 radical (unpaired) electrons. The van der Waals surface area contributed by atoms with Crippen molar-refractivity contribution in [2.75, 3.05) is 6.79 Å². The summed E-state index contributed by atoms with van der Waals surface area (Å²) in [4.78, 5) is 12.0. The molecule has 1 fully saturated rings. The Morgan fingerprint density at radius 3 is 3.04 bits per heavy atom. The Kier molecular flexibility index (Phi) is 5.52. The SMILES string of the molecule is CCn1cc([C@@H]2NC(=O)CC[C@H]2N[C@H](C)CCc2ccc3c(c2)OCO3)cn1. The number of piperidine rings is 1. The van der Waals surface area contributed by atoms with E-state index in [1.807, 2.05) is 23.1 Å². The average Bonchev–Trinajstić information content (AvgIpc) is 3.36. The zero-order valence-corrected chi connectivity index (χ0v) is 16.5. The third-order valence-electron chi connectivity index (χ3n) is 5.54. The molecule has 4 rings (SSSR count). The van der Waals surface area contributed by atoms with Gasteiger partial charge in [0.1, 0.15) is 0 Å². The van der Waals surface area contributed by atoms with Crippen molar-refractivity contribution in [3.05, 3.63) is 41.7 Å². The summed E-state index contributed by atoms with van der Waals surface area (Å²) in [6.07, 6.45) is 7.26. The molecule has 28 heavy (non-hydrogen) atoms. The smallest absolute Gasteiger partial charge is 0.231 e. The highest BCUT2D eigenvalue weighted by atomic mass is 16.7. The number of carbonyl (C=O) groups is 1. The lowest BCUT2D eigenvalue weighted by molar-refractivity contribution is -0.124. The lowest BCUT2D eigenvalue weighted by atomic mass is 9.92. The highest BCUT2D eigenvalue weighted by Gasteiger charge is 2.31. The molecule has 2 aliphatic rings. The summed E-state index contributed by atoms with van der Waals surface area (Å²) in [5.74, 6) is 1.77. The molecule has 2 aliphatic heterocycles. The first-order valence-corrected chi connectivity index (χ1v) is 10.1. The van der Waals surface area contributed by atoms with Gasteiger partial charge in [-0.15, -0.1) is 0 Å². The van der Waals surface area contributed by atoms with Crippen LogP contribution >= 0.6 is 0 Å². The fourth-order valence-corrected chi connectivity index (χ4v) is 3.94. The predicted octanol–water partition coefficient (Wildman–Crippen LogP) is 2.56. The van der Waals surface area contributed by atoms with Crippen LogP contribution < -0.4 is 20.1 Å². The summed E-state index contributed by atoms with van der Waals surface area (Å²) in [6, 6.07) is 6.65. The van der Waals surface area contributed by atoms with Gasteiger partial charge in [0.15, 0.2) is 11.5 Å². The minimum atomic E-state index is -0.0328. The van der Waals surface area contributed by atoms with E-state index in [9.17, 15) is 4.79 Å². The van der Waals surface area contributed by atoms with E-state index in [4.69, 9.17) is 9.47 Å². The van der Waals surface area contributed by atoms with Gasteiger partial charge in [0.25, 0.3) is 0 Å². The zero-order chi connectivity index (χ0) is 19.5. The molecule has 3 heterocycles. The van der Waals surface area contributed by atoms with Gasteiger partial charge in [-0.2, -0.15) is 5.10 Å². The standard InChI is InChI=1S/C21H28N4O3/c1-3-25-12-16(11-22-25)21-17(7-9-20(26)24-21)23-14(2)4-5-15-6-8-18-19(10-15)28-13-27-18/h6,8,10-12,14,17,21,23H,3-5,7,9,13H2,1-2H3,(H,24,26)/t14-,17-,21+/m1/s1. The molecule has 0 aliphatic carbocycles. The molecule has 1 aromatic heterocycles. The van der Waals surface area contributed by atoms with E-state index in [0.29, 0.717) is 19.3 Å². The van der Waals surface area contributed by atoms with Crippen molar-refractivity contribution in [2.24, 2.45) is 0 Å². The second-order valence-electron chi connectivity index (χ2n) is 7.61. The first-order valence-electron chi connectivity index (χ1n) is 10.1. The van der Waals surface area contributed by atoms with Gasteiger partial charge in [0.05, 0.1) is 12.2 Å². The van der Waals surface area contributed by atoms with Crippen LogP contribution in [-0.4, -0.2) is 34.6 Å². The summed E-state index contributed by atoms with van der Waals surface area (Å²) < 4.78 is 12.7. The Morgan fingerprint density at radius 1 is 1.36 bits per heavy atom. The lowest BCUT2D eigenvalue weighted by Gasteiger charge is -2.34. The summed E-state index contributed by atoms with van der Waals surface area (Å²) in [5.41, 5.74) is 2.31. The Morgan fingerprint density at radius 2 is 2.21 bits per heavy atom. The number of aromatic nitrogens is 2. The maximum Gasteiger partial charge on any atom is 0.231 e. The number of hydrogen-bond acceptors (Lipinski definition) is 5. The largest absolute Gasteiger partial charge is 0.454 e. The first kappa shape index (κ1) is 18.8. The van der Waals surface area contributed by atoms with Crippen molar-refractivity contribution in [3.8, 4) is 11.5 Å². The summed E-state index contributed by atoms with van der Waals surface area (Å²) >= 11 is 0. The van der Waals surface area contributed by atoms with Gasteiger partial charge in [-0.3, -0.25) is 9.48 Å². The number of hydrogen-bond donors (Lipinski definition) is 2. The highest BCUT2D eigenvalue weighted by molar-refractivity contribution is 5.77. The van der Waals surface area contributed by atoms with Gasteiger partial charge in [-0.1, -0.05) is 6.07 Å². The van der Waals surface area contributed by atoms with Crippen LogP contribution in [0.3, 0.4) is 0 Å². The zero-order valence-electron chi connectivity index (χ0n) is 16.5. The molecule has 1 amide bonds. The third kappa shape index (κ3) is 4.14. The molecule has 0 unspecified atom stereocenters. The van der Waals surface area contributed by atoms with Gasteiger partial charge in [0.2, 0.25) is 12.7 Å². The number of nitrogens with one attached hydrogen (secondary N) is 2. The van der Waals surface area contributed by atoms with E-state index in [-0.39, 0.29) is 18.0 Å². The lowest BCUT2D eigenvalue weighted by Crippen LogP contribution is -2.50. The second-order valence-corrected chi connectivity index (χ2v) is 7.61. The number of fused-ring (bicyclic) bond motifs is 1. The van der Waals surface area contributed by atoms with Crippen LogP contribution in [0.5, 0.6) is 11.5 Å². The van der Waals surface area contributed by atoms with Crippen molar-refractivity contribution < 1.29 is 14.3 Å². The molecule has 150 valence electrons. The average molecular weight is 384 g/mol. The van der Waals surface area contributed by atoms with Crippen LogP contribution in [0.15, 0.2) is 30.6 Å². The molecular formula is C21H28N4O3. The van der Waals surface area contributed by atoms with Crippen LogP contribution in [0, 0.1) is 0 Å². The number of benzene rings is 1. The van der Waals surface area contributed by atoms with E-state index >= 15 is 0 Å². The summed E-state index contributed by atoms with van der Waals surface area (Å²) in [6.45, 7) is 5.39. The van der Waals surface area contributed by atoms with Gasteiger partial charge >= 0.3 is 0 Å². The number of rotatable bonds is 7. The molecule has 0 saturated carbocycles. The normalized spacial score (nSPS) is 22.1. The molecule has 1 saturated heterocycles. The van der Waals surface area contributed by atoms with Gasteiger partial charge in [0, 0.05) is 36.8 Å². The van der Waals surface area contributed by atoms with E-state index in [1.54, 1.807) is 0 Å². The van der Waals surface area contributed by atoms with Crippen molar-refractivity contribution in [1.29, 1.82) is 0 Å². The maximum absolute atomic E-state index is 12.0. The molecular weight excluding hydrogens is 356 g/mol. The molecule has 0 spiro atoms. The van der Waals surface area contributed by atoms with E-state index in [1.165, 1.54) is 5.56 Å². The minimum Gasteiger partial charge on any atom is -0.454 e. The fraction of sp³-hybridized carbons (Fsp3) is 0.524. The van der Waals surface area contributed by atoms with Crippen LogP contribution in [0.4, 0.5) is 0 Å². The van der Waals surface area contributed by atoms with Gasteiger partial charge in [-0.25, -0.2) is 0 Å². The quantitative estimate of drug-likeness (QED) is 0.767. The maximum atomic E-state index is 12.0. The topological polar surface area (TPSA) is 77.4 Å². The number of amides is 1. The number of ether oxygens (including phenoxy) is 2. The Bertz CT molecular complexity index is 835. The number of aryl methyl sites for hydroxylation is 2. The van der Waals surface area contributed by atoms with Crippen LogP contribution in [0.2, 0.25) is 0 Å².